The molecule has 1 atom stereocenters. The standard InChI is InChI=1S/C23H17F2N4O2/c1-14(2)28-21-19(26-10-11-27-21)22(30)29(23(28)31)20-17(24)12-16(13-18(20)25)9-8-15-6-4-3-5-7-15/h3-7,10-14,19H,1-2H3/q+1. The number of amides is 3. The first kappa shape index (κ1) is 20.3. The summed E-state index contributed by atoms with van der Waals surface area (Å²) >= 11 is 0. The Bertz CT molecular complexity index is 1210. The lowest BCUT2D eigenvalue weighted by molar-refractivity contribution is -0.464. The summed E-state index contributed by atoms with van der Waals surface area (Å²) in [5.41, 5.74) is 0.00242. The molecule has 8 heteroatoms. The number of nitrogens with zero attached hydrogens (tertiary/aromatic N) is 4. The largest absolute Gasteiger partial charge is 0.451 e. The minimum Gasteiger partial charge on any atom is -0.264 e. The van der Waals surface area contributed by atoms with E-state index in [1.54, 1.807) is 38.1 Å². The fourth-order valence-electron chi connectivity index (χ4n) is 3.37. The summed E-state index contributed by atoms with van der Waals surface area (Å²) in [4.78, 5) is 34.6. The summed E-state index contributed by atoms with van der Waals surface area (Å²) in [6, 6.07) is 8.50. The average Bonchev–Trinajstić information content (AvgIpc) is 2.74. The monoisotopic (exact) mass is 419 g/mol. The number of fused-ring (bicyclic) bond motifs is 1. The van der Waals surface area contributed by atoms with Gasteiger partial charge in [0.1, 0.15) is 6.21 Å². The topological polar surface area (TPSA) is 65.1 Å². The van der Waals surface area contributed by atoms with E-state index in [0.29, 0.717) is 10.5 Å². The second-order valence-electron chi connectivity index (χ2n) is 7.16. The first-order valence-corrected chi connectivity index (χ1v) is 9.54. The molecule has 0 saturated heterocycles. The first-order valence-electron chi connectivity index (χ1n) is 9.54. The van der Waals surface area contributed by atoms with Crippen LogP contribution in [0.15, 0.2) is 52.4 Å². The molecule has 0 N–H and O–H groups in total. The molecule has 1 unspecified atom stereocenters. The summed E-state index contributed by atoms with van der Waals surface area (Å²) < 4.78 is 31.2. The van der Waals surface area contributed by atoms with Crippen molar-refractivity contribution in [3.05, 3.63) is 65.2 Å². The van der Waals surface area contributed by atoms with Crippen molar-refractivity contribution >= 4 is 35.9 Å². The van der Waals surface area contributed by atoms with Crippen molar-refractivity contribution in [1.29, 1.82) is 0 Å². The highest BCUT2D eigenvalue weighted by atomic mass is 19.1. The number of rotatable bonds is 2. The summed E-state index contributed by atoms with van der Waals surface area (Å²) in [6.07, 6.45) is 2.67. The van der Waals surface area contributed by atoms with Gasteiger partial charge in [0.15, 0.2) is 17.3 Å². The molecule has 0 aliphatic carbocycles. The van der Waals surface area contributed by atoms with E-state index in [4.69, 9.17) is 0 Å². The highest BCUT2D eigenvalue weighted by Crippen LogP contribution is 2.29. The van der Waals surface area contributed by atoms with Gasteiger partial charge in [0.05, 0.1) is 12.3 Å². The molecule has 2 aliphatic heterocycles. The predicted octanol–water partition coefficient (Wildman–Crippen LogP) is 3.17. The van der Waals surface area contributed by atoms with Gasteiger partial charge in [-0.2, -0.15) is 9.48 Å². The third-order valence-electron chi connectivity index (χ3n) is 4.73. The molecular weight excluding hydrogens is 402 g/mol. The molecule has 2 aliphatic rings. The molecular formula is C23H17F2N4O2+. The maximum absolute atomic E-state index is 15.0. The zero-order chi connectivity index (χ0) is 22.1. The number of imide groups is 1. The molecule has 0 saturated carbocycles. The third-order valence-corrected chi connectivity index (χ3v) is 4.73. The van der Waals surface area contributed by atoms with Crippen LogP contribution < -0.4 is 4.90 Å². The van der Waals surface area contributed by atoms with Crippen LogP contribution in [0.4, 0.5) is 19.3 Å². The number of anilines is 1. The lowest BCUT2D eigenvalue weighted by atomic mass is 10.1. The Morgan fingerprint density at radius 3 is 2.29 bits per heavy atom. The van der Waals surface area contributed by atoms with Crippen LogP contribution >= 0.6 is 0 Å². The quantitative estimate of drug-likeness (QED) is 0.555. The van der Waals surface area contributed by atoms with Gasteiger partial charge in [0.2, 0.25) is 6.04 Å². The van der Waals surface area contributed by atoms with Gasteiger partial charge < -0.3 is 0 Å². The van der Waals surface area contributed by atoms with Gasteiger partial charge in [-0.25, -0.2) is 13.6 Å². The minimum absolute atomic E-state index is 0.0766. The molecule has 2 aromatic rings. The van der Waals surface area contributed by atoms with E-state index in [-0.39, 0.29) is 11.4 Å². The van der Waals surface area contributed by atoms with Crippen LogP contribution in [-0.2, 0) is 4.79 Å². The van der Waals surface area contributed by atoms with Crippen molar-refractivity contribution in [1.82, 2.24) is 0 Å². The van der Waals surface area contributed by atoms with E-state index in [1.165, 1.54) is 17.0 Å². The van der Waals surface area contributed by atoms with Crippen LogP contribution in [0.2, 0.25) is 0 Å². The molecule has 6 nitrogen and oxygen atoms in total. The zero-order valence-electron chi connectivity index (χ0n) is 16.7. The van der Waals surface area contributed by atoms with Crippen LogP contribution in [-0.4, -0.2) is 46.9 Å². The molecule has 2 heterocycles. The molecule has 0 spiro atoms. The normalized spacial score (nSPS) is 17.7. The van der Waals surface area contributed by atoms with Crippen LogP contribution in [0.1, 0.15) is 25.0 Å². The number of aliphatic imine (C=N–C) groups is 2. The van der Waals surface area contributed by atoms with Gasteiger partial charge in [-0.1, -0.05) is 30.0 Å². The van der Waals surface area contributed by atoms with Crippen LogP contribution in [0.25, 0.3) is 0 Å². The van der Waals surface area contributed by atoms with E-state index in [0.717, 1.165) is 12.1 Å². The Morgan fingerprint density at radius 1 is 1.00 bits per heavy atom. The fraction of sp³-hybridized carbons (Fsp3) is 0.174. The number of hydrogen-bond acceptors (Lipinski definition) is 4. The molecule has 31 heavy (non-hydrogen) atoms. The van der Waals surface area contributed by atoms with Crippen molar-refractivity contribution in [2.24, 2.45) is 9.98 Å². The van der Waals surface area contributed by atoms with E-state index in [1.807, 2.05) is 6.07 Å². The summed E-state index contributed by atoms with van der Waals surface area (Å²) in [6.45, 7) is 3.41. The number of benzene rings is 2. The van der Waals surface area contributed by atoms with Gasteiger partial charge in [0.25, 0.3) is 5.84 Å². The van der Waals surface area contributed by atoms with E-state index in [9.17, 15) is 18.4 Å². The molecule has 2 aromatic carbocycles. The molecule has 0 bridgehead atoms. The Balaban J connectivity index is 1.78. The number of carbonyl (C=O) groups excluding carboxylic acids is 2. The van der Waals surface area contributed by atoms with Crippen LogP contribution in [0.3, 0.4) is 0 Å². The number of urea groups is 1. The highest BCUT2D eigenvalue weighted by molar-refractivity contribution is 6.31. The first-order chi connectivity index (χ1) is 14.9. The maximum Gasteiger partial charge on any atom is 0.451 e. The van der Waals surface area contributed by atoms with E-state index < -0.39 is 41.3 Å². The Morgan fingerprint density at radius 2 is 1.65 bits per heavy atom. The maximum atomic E-state index is 15.0. The molecule has 0 radical (unpaired) electrons. The zero-order valence-corrected chi connectivity index (χ0v) is 16.7. The van der Waals surface area contributed by atoms with Gasteiger partial charge in [0, 0.05) is 11.1 Å². The van der Waals surface area contributed by atoms with Crippen molar-refractivity contribution in [2.45, 2.75) is 25.9 Å². The number of hydrogen-bond donors (Lipinski definition) is 0. The molecule has 4 rings (SSSR count). The average molecular weight is 419 g/mol. The molecule has 0 aromatic heterocycles. The number of carbonyl (C=O) groups is 2. The second-order valence-corrected chi connectivity index (χ2v) is 7.16. The molecule has 154 valence electrons. The number of halogens is 2. The van der Waals surface area contributed by atoms with Crippen molar-refractivity contribution < 1.29 is 22.9 Å². The van der Waals surface area contributed by atoms with E-state index in [2.05, 4.69) is 21.8 Å². The van der Waals surface area contributed by atoms with Gasteiger partial charge in [-0.05, 0) is 38.1 Å². The molecule has 3 amide bonds. The lowest BCUT2D eigenvalue weighted by Gasteiger charge is -2.28. The molecule has 0 fully saturated rings. The van der Waals surface area contributed by atoms with Gasteiger partial charge >= 0.3 is 11.9 Å². The van der Waals surface area contributed by atoms with Gasteiger partial charge in [-0.15, -0.1) is 4.99 Å². The summed E-state index contributed by atoms with van der Waals surface area (Å²) in [7, 11) is 0. The third kappa shape index (κ3) is 3.66. The Kier molecular flexibility index (Phi) is 5.26. The van der Waals surface area contributed by atoms with Crippen LogP contribution in [0, 0.1) is 23.5 Å². The summed E-state index contributed by atoms with van der Waals surface area (Å²) in [5.74, 6) is 2.62. The minimum atomic E-state index is -1.15. The van der Waals surface area contributed by atoms with Crippen molar-refractivity contribution in [3.63, 3.8) is 0 Å². The van der Waals surface area contributed by atoms with Crippen LogP contribution in [0.5, 0.6) is 0 Å². The smallest absolute Gasteiger partial charge is 0.264 e. The second kappa shape index (κ2) is 8.03. The predicted molar refractivity (Wildman–Crippen MR) is 113 cm³/mol. The number of amidine groups is 1. The van der Waals surface area contributed by atoms with Gasteiger partial charge in [-0.3, -0.25) is 9.79 Å². The highest BCUT2D eigenvalue weighted by Gasteiger charge is 2.51. The van der Waals surface area contributed by atoms with Crippen molar-refractivity contribution in [2.75, 3.05) is 4.90 Å². The SMILES string of the molecule is CC(C)[N+]1=C2N=CC=NC2C(=O)N(c2c(F)cc(C#Cc3ccccc3)cc2F)C1=O. The Labute approximate surface area is 177 Å². The van der Waals surface area contributed by atoms with Crippen molar-refractivity contribution in [3.8, 4) is 11.8 Å². The fourth-order valence-corrected chi connectivity index (χ4v) is 3.37. The lowest BCUT2D eigenvalue weighted by Crippen LogP contribution is -2.59. The summed E-state index contributed by atoms with van der Waals surface area (Å²) in [5, 5.41) is 0. The van der Waals surface area contributed by atoms with E-state index >= 15 is 0 Å². The Hall–Kier alpha value is -3.99.